The van der Waals surface area contributed by atoms with E-state index in [4.69, 9.17) is 9.84 Å². The van der Waals surface area contributed by atoms with Gasteiger partial charge in [0.25, 0.3) is 0 Å². The van der Waals surface area contributed by atoms with Gasteiger partial charge in [0.2, 0.25) is 0 Å². The molecule has 1 atom stereocenters. The van der Waals surface area contributed by atoms with Crippen molar-refractivity contribution in [1.82, 2.24) is 10.6 Å². The predicted molar refractivity (Wildman–Crippen MR) is 38.2 cm³/mol. The molecule has 0 amide bonds. The van der Waals surface area contributed by atoms with Crippen molar-refractivity contribution in [1.29, 1.82) is 0 Å². The molecule has 1 saturated heterocycles. The lowest BCUT2D eigenvalue weighted by Gasteiger charge is -2.23. The summed E-state index contributed by atoms with van der Waals surface area (Å²) in [6.07, 6.45) is -0.153. The molecular weight excluding hydrogens is 148 g/mol. The average Bonchev–Trinajstić information content (AvgIpc) is 2.03. The van der Waals surface area contributed by atoms with E-state index in [1.807, 2.05) is 0 Å². The van der Waals surface area contributed by atoms with Crippen LogP contribution in [-0.2, 0) is 9.53 Å². The minimum atomic E-state index is -0.862. The van der Waals surface area contributed by atoms with Crippen molar-refractivity contribution in [2.24, 2.45) is 0 Å². The Hall–Kier alpha value is -0.650. The fraction of sp³-hybridized carbons (Fsp3) is 0.833. The zero-order valence-corrected chi connectivity index (χ0v) is 6.17. The summed E-state index contributed by atoms with van der Waals surface area (Å²) in [6, 6.07) is 0. The quantitative estimate of drug-likeness (QED) is 0.474. The Balaban J connectivity index is 2.09. The third-order valence-electron chi connectivity index (χ3n) is 1.41. The molecule has 0 saturated carbocycles. The SMILES string of the molecule is O=C(O)CNC1CNCCO1. The van der Waals surface area contributed by atoms with Gasteiger partial charge in [-0.2, -0.15) is 0 Å². The highest BCUT2D eigenvalue weighted by Gasteiger charge is 2.12. The second kappa shape index (κ2) is 4.27. The number of carbonyl (C=O) groups is 1. The molecule has 3 N–H and O–H groups in total. The molecule has 0 bridgehead atoms. The first kappa shape index (κ1) is 8.45. The van der Waals surface area contributed by atoms with Gasteiger partial charge in [-0.3, -0.25) is 10.1 Å². The van der Waals surface area contributed by atoms with Crippen molar-refractivity contribution in [3.8, 4) is 0 Å². The summed E-state index contributed by atoms with van der Waals surface area (Å²) in [5, 5.41) is 14.1. The fourth-order valence-electron chi connectivity index (χ4n) is 0.898. The normalized spacial score (nSPS) is 24.9. The van der Waals surface area contributed by atoms with Crippen LogP contribution < -0.4 is 10.6 Å². The van der Waals surface area contributed by atoms with Gasteiger partial charge < -0.3 is 15.2 Å². The van der Waals surface area contributed by atoms with Crippen molar-refractivity contribution < 1.29 is 14.6 Å². The van der Waals surface area contributed by atoms with E-state index in [-0.39, 0.29) is 12.8 Å². The molecule has 0 aromatic rings. The molecule has 1 aliphatic rings. The molecule has 1 fully saturated rings. The van der Waals surface area contributed by atoms with Gasteiger partial charge in [-0.25, -0.2) is 0 Å². The molecule has 0 aromatic heterocycles. The maximum Gasteiger partial charge on any atom is 0.317 e. The zero-order chi connectivity index (χ0) is 8.10. The van der Waals surface area contributed by atoms with E-state index < -0.39 is 5.97 Å². The van der Waals surface area contributed by atoms with Crippen LogP contribution >= 0.6 is 0 Å². The lowest BCUT2D eigenvalue weighted by Crippen LogP contribution is -2.48. The molecule has 0 radical (unpaired) electrons. The van der Waals surface area contributed by atoms with Crippen LogP contribution in [0.2, 0.25) is 0 Å². The third-order valence-corrected chi connectivity index (χ3v) is 1.41. The van der Waals surface area contributed by atoms with E-state index in [2.05, 4.69) is 10.6 Å². The highest BCUT2D eigenvalue weighted by atomic mass is 16.5. The molecule has 0 aliphatic carbocycles. The van der Waals surface area contributed by atoms with Gasteiger partial charge in [-0.1, -0.05) is 0 Å². The molecule has 11 heavy (non-hydrogen) atoms. The summed E-state index contributed by atoms with van der Waals surface area (Å²) in [5.41, 5.74) is 0. The Labute approximate surface area is 64.7 Å². The van der Waals surface area contributed by atoms with Crippen molar-refractivity contribution >= 4 is 5.97 Å². The van der Waals surface area contributed by atoms with Crippen LogP contribution in [0.5, 0.6) is 0 Å². The summed E-state index contributed by atoms with van der Waals surface area (Å²) in [7, 11) is 0. The Morgan fingerprint density at radius 2 is 2.64 bits per heavy atom. The average molecular weight is 160 g/mol. The second-order valence-corrected chi connectivity index (χ2v) is 2.34. The van der Waals surface area contributed by atoms with E-state index in [9.17, 15) is 4.79 Å². The monoisotopic (exact) mass is 160 g/mol. The number of hydrogen-bond acceptors (Lipinski definition) is 4. The minimum absolute atomic E-state index is 0.0493. The Kier molecular flexibility index (Phi) is 3.28. The summed E-state index contributed by atoms with van der Waals surface area (Å²) in [5.74, 6) is -0.862. The first-order valence-electron chi connectivity index (χ1n) is 3.56. The van der Waals surface area contributed by atoms with E-state index in [1.165, 1.54) is 0 Å². The van der Waals surface area contributed by atoms with Crippen molar-refractivity contribution in [2.75, 3.05) is 26.2 Å². The van der Waals surface area contributed by atoms with Gasteiger partial charge in [-0.15, -0.1) is 0 Å². The topological polar surface area (TPSA) is 70.6 Å². The van der Waals surface area contributed by atoms with Gasteiger partial charge in [0.15, 0.2) is 0 Å². The summed E-state index contributed by atoms with van der Waals surface area (Å²) < 4.78 is 5.19. The Morgan fingerprint density at radius 3 is 3.18 bits per heavy atom. The fourth-order valence-corrected chi connectivity index (χ4v) is 0.898. The first-order valence-corrected chi connectivity index (χ1v) is 3.56. The van der Waals surface area contributed by atoms with Gasteiger partial charge in [-0.05, 0) is 0 Å². The molecule has 0 spiro atoms. The van der Waals surface area contributed by atoms with Crippen LogP contribution in [0.15, 0.2) is 0 Å². The van der Waals surface area contributed by atoms with E-state index in [0.717, 1.165) is 6.54 Å². The number of nitrogens with one attached hydrogen (secondary N) is 2. The molecule has 1 heterocycles. The molecule has 0 aromatic carbocycles. The van der Waals surface area contributed by atoms with Crippen molar-refractivity contribution in [3.63, 3.8) is 0 Å². The number of carboxylic acids is 1. The lowest BCUT2D eigenvalue weighted by atomic mass is 10.4. The molecule has 1 unspecified atom stereocenters. The van der Waals surface area contributed by atoms with Crippen LogP contribution in [0.3, 0.4) is 0 Å². The van der Waals surface area contributed by atoms with Gasteiger partial charge in [0.05, 0.1) is 13.2 Å². The first-order chi connectivity index (χ1) is 5.29. The van der Waals surface area contributed by atoms with Crippen molar-refractivity contribution in [3.05, 3.63) is 0 Å². The van der Waals surface area contributed by atoms with Crippen molar-refractivity contribution in [2.45, 2.75) is 6.23 Å². The number of carboxylic acid groups (broad SMARTS) is 1. The largest absolute Gasteiger partial charge is 0.480 e. The van der Waals surface area contributed by atoms with E-state index >= 15 is 0 Å². The number of aliphatic carboxylic acids is 1. The van der Waals surface area contributed by atoms with Gasteiger partial charge in [0, 0.05) is 13.1 Å². The summed E-state index contributed by atoms with van der Waals surface area (Å²) in [6.45, 7) is 2.10. The molecular formula is C6H12N2O3. The van der Waals surface area contributed by atoms with E-state index in [1.54, 1.807) is 0 Å². The van der Waals surface area contributed by atoms with Crippen LogP contribution in [0, 0.1) is 0 Å². The predicted octanol–water partition coefficient (Wildman–Crippen LogP) is -1.39. The molecule has 64 valence electrons. The zero-order valence-electron chi connectivity index (χ0n) is 6.17. The minimum Gasteiger partial charge on any atom is -0.480 e. The van der Waals surface area contributed by atoms with Crippen LogP contribution in [-0.4, -0.2) is 43.5 Å². The Bertz CT molecular complexity index is 134. The van der Waals surface area contributed by atoms with Crippen LogP contribution in [0.1, 0.15) is 0 Å². The number of hydrogen-bond donors (Lipinski definition) is 3. The number of rotatable bonds is 3. The molecule has 5 nitrogen and oxygen atoms in total. The maximum atomic E-state index is 10.1. The van der Waals surface area contributed by atoms with Gasteiger partial charge >= 0.3 is 5.97 Å². The molecule has 1 rings (SSSR count). The highest BCUT2D eigenvalue weighted by molar-refractivity contribution is 5.69. The Morgan fingerprint density at radius 1 is 1.82 bits per heavy atom. The second-order valence-electron chi connectivity index (χ2n) is 2.34. The maximum absolute atomic E-state index is 10.1. The van der Waals surface area contributed by atoms with Crippen LogP contribution in [0.25, 0.3) is 0 Å². The standard InChI is InChI=1S/C6H12N2O3/c9-6(10)4-8-5-3-7-1-2-11-5/h5,7-8H,1-4H2,(H,9,10). The number of ether oxygens (including phenoxy) is 1. The van der Waals surface area contributed by atoms with Gasteiger partial charge in [0.1, 0.15) is 6.23 Å². The van der Waals surface area contributed by atoms with Crippen LogP contribution in [0.4, 0.5) is 0 Å². The smallest absolute Gasteiger partial charge is 0.317 e. The third kappa shape index (κ3) is 3.31. The molecule has 1 aliphatic heterocycles. The summed E-state index contributed by atoms with van der Waals surface area (Å²) >= 11 is 0. The lowest BCUT2D eigenvalue weighted by molar-refractivity contribution is -0.137. The molecule has 5 heteroatoms. The van der Waals surface area contributed by atoms with E-state index in [0.29, 0.717) is 13.2 Å². The summed E-state index contributed by atoms with van der Waals surface area (Å²) in [4.78, 5) is 10.1. The number of morpholine rings is 1. The highest BCUT2D eigenvalue weighted by Crippen LogP contribution is 1.89.